The highest BCUT2D eigenvalue weighted by Gasteiger charge is 1.97. The highest BCUT2D eigenvalue weighted by Crippen LogP contribution is 2.21. The van der Waals surface area contributed by atoms with E-state index in [0.29, 0.717) is 0 Å². The molecule has 1 N–H and O–H groups in total. The summed E-state index contributed by atoms with van der Waals surface area (Å²) in [6.45, 7) is 0. The van der Waals surface area contributed by atoms with E-state index in [2.05, 4.69) is 45.5 Å². The summed E-state index contributed by atoms with van der Waals surface area (Å²) in [4.78, 5) is 1.86. The second-order valence-corrected chi connectivity index (χ2v) is 3.90. The molecule has 16 heavy (non-hydrogen) atoms. The van der Waals surface area contributed by atoms with Crippen molar-refractivity contribution in [1.29, 1.82) is 0 Å². The van der Waals surface area contributed by atoms with Gasteiger partial charge in [-0.2, -0.15) is 0 Å². The molecule has 0 aromatic heterocycles. The van der Waals surface area contributed by atoms with E-state index in [0.717, 1.165) is 16.9 Å². The Morgan fingerprint density at radius 3 is 2.31 bits per heavy atom. The van der Waals surface area contributed by atoms with Crippen LogP contribution >= 0.6 is 15.9 Å². The zero-order valence-corrected chi connectivity index (χ0v) is 10.3. The molecule has 0 spiro atoms. The van der Waals surface area contributed by atoms with Crippen molar-refractivity contribution in [2.75, 3.05) is 5.32 Å². The molecule has 0 bridgehead atoms. The summed E-state index contributed by atoms with van der Waals surface area (Å²) in [5.74, 6) is 0. The lowest BCUT2D eigenvalue weighted by Crippen LogP contribution is -1.91. The normalized spacial score (nSPS) is 10.6. The minimum Gasteiger partial charge on any atom is -0.355 e. The van der Waals surface area contributed by atoms with Gasteiger partial charge in [-0.1, -0.05) is 52.3 Å². The van der Waals surface area contributed by atoms with Crippen LogP contribution in [0.2, 0.25) is 0 Å². The average molecular weight is 274 g/mol. The topological polar surface area (TPSA) is 12.0 Å². The summed E-state index contributed by atoms with van der Waals surface area (Å²) in [7, 11) is 0. The van der Waals surface area contributed by atoms with Crippen LogP contribution in [0.1, 0.15) is 5.56 Å². The largest absolute Gasteiger partial charge is 0.355 e. The number of halogens is 1. The van der Waals surface area contributed by atoms with Crippen LogP contribution in [0, 0.1) is 0 Å². The van der Waals surface area contributed by atoms with Gasteiger partial charge in [0.15, 0.2) is 0 Å². The fourth-order valence-corrected chi connectivity index (χ4v) is 1.79. The predicted octanol–water partition coefficient (Wildman–Crippen LogP) is 4.80. The third-order valence-electron chi connectivity index (χ3n) is 2.26. The molecule has 0 radical (unpaired) electrons. The van der Waals surface area contributed by atoms with E-state index < -0.39 is 0 Å². The van der Waals surface area contributed by atoms with Crippen molar-refractivity contribution in [3.8, 4) is 0 Å². The van der Waals surface area contributed by atoms with Crippen LogP contribution in [0.3, 0.4) is 0 Å². The molecule has 0 atom stereocenters. The molecule has 2 rings (SSSR count). The quantitative estimate of drug-likeness (QED) is 0.848. The zero-order valence-electron chi connectivity index (χ0n) is 8.73. The molecular weight excluding hydrogens is 262 g/mol. The number of hydrogen-bond acceptors (Lipinski definition) is 1. The maximum absolute atomic E-state index is 3.39. The average Bonchev–Trinajstić information content (AvgIpc) is 2.33. The van der Waals surface area contributed by atoms with Crippen LogP contribution in [0.5, 0.6) is 0 Å². The summed E-state index contributed by atoms with van der Waals surface area (Å²) in [5.41, 5.74) is 3.35. The van der Waals surface area contributed by atoms with Gasteiger partial charge in [-0.3, -0.25) is 0 Å². The van der Waals surface area contributed by atoms with Gasteiger partial charge in [-0.25, -0.2) is 0 Å². The minimum absolute atomic E-state index is 1.10. The predicted molar refractivity (Wildman–Crippen MR) is 74.1 cm³/mol. The van der Waals surface area contributed by atoms with Gasteiger partial charge in [-0.15, -0.1) is 0 Å². The Labute approximate surface area is 104 Å². The first-order valence-corrected chi connectivity index (χ1v) is 5.99. The molecule has 0 aliphatic rings. The van der Waals surface area contributed by atoms with E-state index in [1.807, 2.05) is 41.4 Å². The second kappa shape index (κ2) is 5.52. The summed E-state index contributed by atoms with van der Waals surface area (Å²) in [6, 6.07) is 18.3. The van der Waals surface area contributed by atoms with Crippen LogP contribution in [0.15, 0.2) is 59.6 Å². The number of rotatable bonds is 3. The Bertz CT molecular complexity index is 477. The standard InChI is InChI=1S/C14H12BrN/c15-11-10-12-6-4-5-9-14(12)16-13-7-2-1-3-8-13/h1-11,16H/b11-10-. The van der Waals surface area contributed by atoms with E-state index >= 15 is 0 Å². The van der Waals surface area contributed by atoms with Crippen LogP contribution in [0.25, 0.3) is 6.08 Å². The Hall–Kier alpha value is -1.54. The lowest BCUT2D eigenvalue weighted by molar-refractivity contribution is 1.53. The van der Waals surface area contributed by atoms with Gasteiger partial charge in [0.1, 0.15) is 0 Å². The third kappa shape index (κ3) is 2.74. The summed E-state index contributed by atoms with van der Waals surface area (Å²) in [6.07, 6.45) is 2.02. The van der Waals surface area contributed by atoms with E-state index in [9.17, 15) is 0 Å². The van der Waals surface area contributed by atoms with Crippen LogP contribution < -0.4 is 5.32 Å². The summed E-state index contributed by atoms with van der Waals surface area (Å²) >= 11 is 3.30. The molecule has 0 heterocycles. The second-order valence-electron chi connectivity index (χ2n) is 3.37. The van der Waals surface area contributed by atoms with Gasteiger partial charge in [0.05, 0.1) is 0 Å². The van der Waals surface area contributed by atoms with Gasteiger partial charge in [0, 0.05) is 11.4 Å². The molecular formula is C14H12BrN. The van der Waals surface area contributed by atoms with Gasteiger partial charge in [0.2, 0.25) is 0 Å². The molecule has 0 aliphatic carbocycles. The molecule has 2 aromatic carbocycles. The van der Waals surface area contributed by atoms with E-state index in [-0.39, 0.29) is 0 Å². The van der Waals surface area contributed by atoms with Crippen molar-refractivity contribution in [3.05, 3.63) is 65.1 Å². The van der Waals surface area contributed by atoms with Gasteiger partial charge < -0.3 is 5.32 Å². The highest BCUT2D eigenvalue weighted by molar-refractivity contribution is 9.11. The molecule has 0 saturated heterocycles. The van der Waals surface area contributed by atoms with Crippen molar-refractivity contribution < 1.29 is 0 Å². The Balaban J connectivity index is 2.28. The summed E-state index contributed by atoms with van der Waals surface area (Å²) in [5, 5.41) is 3.39. The fourth-order valence-electron chi connectivity index (χ4n) is 1.50. The maximum Gasteiger partial charge on any atom is 0.0458 e. The van der Waals surface area contributed by atoms with Gasteiger partial charge >= 0.3 is 0 Å². The number of anilines is 2. The lowest BCUT2D eigenvalue weighted by atomic mass is 10.1. The van der Waals surface area contributed by atoms with Crippen molar-refractivity contribution in [2.24, 2.45) is 0 Å². The molecule has 0 amide bonds. The monoisotopic (exact) mass is 273 g/mol. The third-order valence-corrected chi connectivity index (χ3v) is 2.52. The van der Waals surface area contributed by atoms with E-state index in [1.165, 1.54) is 0 Å². The SMILES string of the molecule is Br/C=C\c1ccccc1Nc1ccccc1. The number of nitrogens with one attached hydrogen (secondary N) is 1. The fraction of sp³-hybridized carbons (Fsp3) is 0. The smallest absolute Gasteiger partial charge is 0.0458 e. The minimum atomic E-state index is 1.10. The molecule has 2 heteroatoms. The molecule has 0 saturated carbocycles. The summed E-state index contributed by atoms with van der Waals surface area (Å²) < 4.78 is 0. The Morgan fingerprint density at radius 1 is 0.875 bits per heavy atom. The van der Waals surface area contributed by atoms with Crippen LogP contribution in [0.4, 0.5) is 11.4 Å². The van der Waals surface area contributed by atoms with Crippen molar-refractivity contribution in [1.82, 2.24) is 0 Å². The maximum atomic E-state index is 3.39. The van der Waals surface area contributed by atoms with Gasteiger partial charge in [-0.05, 0) is 34.8 Å². The van der Waals surface area contributed by atoms with Gasteiger partial charge in [0.25, 0.3) is 0 Å². The van der Waals surface area contributed by atoms with Crippen LogP contribution in [-0.2, 0) is 0 Å². The zero-order chi connectivity index (χ0) is 11.2. The number of benzene rings is 2. The molecule has 1 nitrogen and oxygen atoms in total. The van der Waals surface area contributed by atoms with Crippen molar-refractivity contribution in [2.45, 2.75) is 0 Å². The molecule has 0 aliphatic heterocycles. The van der Waals surface area contributed by atoms with E-state index in [1.54, 1.807) is 0 Å². The van der Waals surface area contributed by atoms with Crippen molar-refractivity contribution in [3.63, 3.8) is 0 Å². The van der Waals surface area contributed by atoms with Crippen LogP contribution in [-0.4, -0.2) is 0 Å². The Morgan fingerprint density at radius 2 is 1.56 bits per heavy atom. The molecule has 0 unspecified atom stereocenters. The molecule has 80 valence electrons. The van der Waals surface area contributed by atoms with E-state index in [4.69, 9.17) is 0 Å². The lowest BCUT2D eigenvalue weighted by Gasteiger charge is -2.09. The van der Waals surface area contributed by atoms with Crippen molar-refractivity contribution >= 4 is 33.4 Å². The Kier molecular flexibility index (Phi) is 3.78. The molecule has 0 fully saturated rings. The number of hydrogen-bond donors (Lipinski definition) is 1. The highest BCUT2D eigenvalue weighted by atomic mass is 79.9. The first-order chi connectivity index (χ1) is 7.90. The number of para-hydroxylation sites is 2. The molecule has 2 aromatic rings. The first-order valence-electron chi connectivity index (χ1n) is 5.08. The first kappa shape index (κ1) is 11.0.